The average Bonchev–Trinajstić information content (AvgIpc) is 2.30. The number of nitrogen functional groups attached to an aromatic ring is 1. The van der Waals surface area contributed by atoms with Crippen LogP contribution in [0.2, 0.25) is 5.02 Å². The van der Waals surface area contributed by atoms with Gasteiger partial charge in [-0.1, -0.05) is 11.6 Å². The maximum Gasteiger partial charge on any atom is 0.126 e. The summed E-state index contributed by atoms with van der Waals surface area (Å²) < 4.78 is 5.93. The van der Waals surface area contributed by atoms with E-state index in [9.17, 15) is 0 Å². The maximum atomic E-state index is 6.01. The predicted octanol–water partition coefficient (Wildman–Crippen LogP) is 3.13. The van der Waals surface area contributed by atoms with Crippen molar-refractivity contribution in [2.45, 2.75) is 43.6 Å². The Hall–Kier alpha value is -0.800. The number of rotatable bonds is 1. The van der Waals surface area contributed by atoms with Crippen LogP contribution in [0.15, 0.2) is 12.3 Å². The molecule has 1 saturated heterocycles. The Morgan fingerprint density at radius 1 is 1.47 bits per heavy atom. The number of aromatic nitrogens is 1. The Kier molecular flexibility index (Phi) is 2.75. The normalized spacial score (nSPS) is 26.8. The van der Waals surface area contributed by atoms with Crippen molar-refractivity contribution >= 4 is 17.4 Å². The average molecular weight is 253 g/mol. The fourth-order valence-corrected chi connectivity index (χ4v) is 3.17. The lowest BCUT2D eigenvalue weighted by Crippen LogP contribution is -2.45. The summed E-state index contributed by atoms with van der Waals surface area (Å²) in [6, 6.07) is 1.96. The Balaban J connectivity index is 1.85. The molecule has 17 heavy (non-hydrogen) atoms. The third-order valence-electron chi connectivity index (χ3n) is 4.11. The van der Waals surface area contributed by atoms with Crippen molar-refractivity contribution in [2.75, 3.05) is 12.3 Å². The van der Waals surface area contributed by atoms with E-state index < -0.39 is 0 Å². The second-order valence-electron chi connectivity index (χ2n) is 5.20. The maximum absolute atomic E-state index is 6.01. The smallest absolute Gasteiger partial charge is 0.126 e. The van der Waals surface area contributed by atoms with E-state index in [2.05, 4.69) is 4.98 Å². The molecule has 3 rings (SSSR count). The molecule has 1 atom stereocenters. The first kappa shape index (κ1) is 11.3. The van der Waals surface area contributed by atoms with E-state index in [1.54, 1.807) is 6.20 Å². The quantitative estimate of drug-likeness (QED) is 0.835. The van der Waals surface area contributed by atoms with Gasteiger partial charge in [0.25, 0.3) is 0 Å². The molecule has 4 heteroatoms. The molecule has 2 heterocycles. The van der Waals surface area contributed by atoms with Gasteiger partial charge < -0.3 is 10.5 Å². The van der Waals surface area contributed by atoms with Gasteiger partial charge in [-0.15, -0.1) is 0 Å². The van der Waals surface area contributed by atoms with Crippen molar-refractivity contribution in [1.29, 1.82) is 0 Å². The Labute approximate surface area is 106 Å². The van der Waals surface area contributed by atoms with Crippen LogP contribution in [0.5, 0.6) is 0 Å². The molecule has 0 aromatic carbocycles. The number of nitrogens with two attached hydrogens (primary N) is 1. The molecule has 1 unspecified atom stereocenters. The first-order chi connectivity index (χ1) is 8.19. The third kappa shape index (κ3) is 2.02. The summed E-state index contributed by atoms with van der Waals surface area (Å²) in [5.41, 5.74) is 7.20. The number of hydrogen-bond donors (Lipinski definition) is 1. The van der Waals surface area contributed by atoms with Crippen LogP contribution in [0.4, 0.5) is 5.82 Å². The summed E-state index contributed by atoms with van der Waals surface area (Å²) >= 11 is 6.01. The zero-order chi connectivity index (χ0) is 11.9. The molecule has 1 aliphatic heterocycles. The second-order valence-corrected chi connectivity index (χ2v) is 5.64. The minimum atomic E-state index is 0.137. The van der Waals surface area contributed by atoms with Crippen molar-refractivity contribution in [2.24, 2.45) is 0 Å². The van der Waals surface area contributed by atoms with Gasteiger partial charge in [0.1, 0.15) is 5.82 Å². The van der Waals surface area contributed by atoms with Gasteiger partial charge in [0.05, 0.1) is 10.6 Å². The van der Waals surface area contributed by atoms with Crippen LogP contribution in [0.3, 0.4) is 0 Å². The van der Waals surface area contributed by atoms with Crippen molar-refractivity contribution in [1.82, 2.24) is 4.98 Å². The molecule has 2 aliphatic rings. The molecule has 2 N–H and O–H groups in total. The van der Waals surface area contributed by atoms with Crippen LogP contribution >= 0.6 is 11.6 Å². The minimum Gasteiger partial charge on any atom is -0.383 e. The van der Waals surface area contributed by atoms with Crippen molar-refractivity contribution < 1.29 is 4.74 Å². The van der Waals surface area contributed by atoms with Crippen molar-refractivity contribution in [3.8, 4) is 0 Å². The van der Waals surface area contributed by atoms with E-state index in [0.717, 1.165) is 25.0 Å². The van der Waals surface area contributed by atoms with Gasteiger partial charge in [0, 0.05) is 12.8 Å². The lowest BCUT2D eigenvalue weighted by atomic mass is 9.70. The van der Waals surface area contributed by atoms with Gasteiger partial charge in [-0.2, -0.15) is 0 Å². The molecule has 1 spiro atoms. The Bertz CT molecular complexity index is 431. The first-order valence-electron chi connectivity index (χ1n) is 6.23. The van der Waals surface area contributed by atoms with Crippen LogP contribution < -0.4 is 5.73 Å². The molecule has 1 aromatic rings. The molecule has 1 aliphatic carbocycles. The molecule has 0 radical (unpaired) electrons. The van der Waals surface area contributed by atoms with Gasteiger partial charge in [0.15, 0.2) is 0 Å². The Morgan fingerprint density at radius 2 is 2.29 bits per heavy atom. The summed E-state index contributed by atoms with van der Waals surface area (Å²) in [7, 11) is 0. The third-order valence-corrected chi connectivity index (χ3v) is 4.32. The molecule has 0 amide bonds. The van der Waals surface area contributed by atoms with Crippen molar-refractivity contribution in [3.05, 3.63) is 22.8 Å². The van der Waals surface area contributed by atoms with Gasteiger partial charge in [-0.05, 0) is 49.7 Å². The highest BCUT2D eigenvalue weighted by molar-refractivity contribution is 6.30. The molecule has 92 valence electrons. The fourth-order valence-electron chi connectivity index (χ4n) is 3.01. The van der Waals surface area contributed by atoms with Crippen LogP contribution in [-0.4, -0.2) is 17.2 Å². The molecular weight excluding hydrogens is 236 g/mol. The fraction of sp³-hybridized carbons (Fsp3) is 0.615. The Morgan fingerprint density at radius 3 is 3.00 bits per heavy atom. The number of nitrogens with zero attached hydrogens (tertiary/aromatic N) is 1. The van der Waals surface area contributed by atoms with E-state index >= 15 is 0 Å². The highest BCUT2D eigenvalue weighted by Crippen LogP contribution is 2.47. The monoisotopic (exact) mass is 252 g/mol. The summed E-state index contributed by atoms with van der Waals surface area (Å²) in [5.74, 6) is 1.08. The van der Waals surface area contributed by atoms with Crippen LogP contribution in [0, 0.1) is 0 Å². The highest BCUT2D eigenvalue weighted by Gasteiger charge is 2.43. The topological polar surface area (TPSA) is 48.1 Å². The van der Waals surface area contributed by atoms with Gasteiger partial charge in [-0.25, -0.2) is 4.98 Å². The predicted molar refractivity (Wildman–Crippen MR) is 68.2 cm³/mol. The lowest BCUT2D eigenvalue weighted by molar-refractivity contribution is -0.133. The zero-order valence-electron chi connectivity index (χ0n) is 9.79. The van der Waals surface area contributed by atoms with Crippen LogP contribution in [-0.2, 0) is 4.74 Å². The van der Waals surface area contributed by atoms with E-state index in [4.69, 9.17) is 22.1 Å². The molecule has 0 bridgehead atoms. The minimum absolute atomic E-state index is 0.137. The van der Waals surface area contributed by atoms with E-state index in [-0.39, 0.29) is 5.60 Å². The number of pyridine rings is 1. The highest BCUT2D eigenvalue weighted by atomic mass is 35.5. The number of halogens is 1. The number of anilines is 1. The number of hydrogen-bond acceptors (Lipinski definition) is 3. The van der Waals surface area contributed by atoms with Crippen LogP contribution in [0.25, 0.3) is 0 Å². The van der Waals surface area contributed by atoms with E-state index in [1.165, 1.54) is 19.3 Å². The lowest BCUT2D eigenvalue weighted by Gasteiger charge is -2.47. The van der Waals surface area contributed by atoms with Crippen molar-refractivity contribution in [3.63, 3.8) is 0 Å². The summed E-state index contributed by atoms with van der Waals surface area (Å²) in [5, 5.41) is 0.670. The van der Waals surface area contributed by atoms with Crippen LogP contribution in [0.1, 0.15) is 43.6 Å². The summed E-state index contributed by atoms with van der Waals surface area (Å²) in [6.45, 7) is 0.830. The zero-order valence-corrected chi connectivity index (χ0v) is 10.5. The summed E-state index contributed by atoms with van der Waals surface area (Å²) in [6.07, 6.45) is 7.37. The largest absolute Gasteiger partial charge is 0.383 e. The molecular formula is C13H17ClN2O. The second kappa shape index (κ2) is 4.14. The number of ether oxygens (including phenoxy) is 1. The van der Waals surface area contributed by atoms with Gasteiger partial charge in [0.2, 0.25) is 0 Å². The molecule has 3 nitrogen and oxygen atoms in total. The molecule has 1 aromatic heterocycles. The molecule has 2 fully saturated rings. The SMILES string of the molecule is Nc1ncc(Cl)cc1C1CCOC2(CCC2)C1. The van der Waals surface area contributed by atoms with E-state index in [1.807, 2.05) is 6.07 Å². The van der Waals surface area contributed by atoms with E-state index in [0.29, 0.717) is 16.8 Å². The molecule has 1 saturated carbocycles. The van der Waals surface area contributed by atoms with Gasteiger partial charge in [-0.3, -0.25) is 0 Å². The van der Waals surface area contributed by atoms with Gasteiger partial charge >= 0.3 is 0 Å². The standard InChI is InChI=1S/C13H17ClN2O/c14-10-6-11(12(15)16-8-10)9-2-5-17-13(7-9)3-1-4-13/h6,8-9H,1-5,7H2,(H2,15,16). The summed E-state index contributed by atoms with van der Waals surface area (Å²) in [4.78, 5) is 4.15. The first-order valence-corrected chi connectivity index (χ1v) is 6.61.